The fourth-order valence-electron chi connectivity index (χ4n) is 1.39. The second kappa shape index (κ2) is 5.12. The Bertz CT molecular complexity index is 336. The van der Waals surface area contributed by atoms with E-state index in [2.05, 4.69) is 15.9 Å². The minimum atomic E-state index is 0.636. The van der Waals surface area contributed by atoms with Gasteiger partial charge < -0.3 is 9.84 Å². The number of aliphatic hydroxyl groups excluding tert-OH is 1. The maximum atomic E-state index is 10.6. The lowest BCUT2D eigenvalue weighted by Crippen LogP contribution is -1.90. The Kier molecular flexibility index (Phi) is 4.10. The van der Waals surface area contributed by atoms with Gasteiger partial charge >= 0.3 is 0 Å². The Morgan fingerprint density at radius 3 is 2.86 bits per heavy atom. The topological polar surface area (TPSA) is 46.5 Å². The van der Waals surface area contributed by atoms with Gasteiger partial charge in [0.15, 0.2) is 6.29 Å². The van der Waals surface area contributed by atoms with Gasteiger partial charge in [-0.2, -0.15) is 0 Å². The molecule has 0 unspecified atom stereocenters. The molecule has 0 saturated heterocycles. The highest BCUT2D eigenvalue weighted by atomic mass is 79.9. The van der Waals surface area contributed by atoms with E-state index in [1.807, 2.05) is 6.07 Å². The maximum absolute atomic E-state index is 10.6. The Labute approximate surface area is 90.8 Å². The molecule has 2 rings (SSSR count). The van der Waals surface area contributed by atoms with Crippen LogP contribution in [0.5, 0.6) is 5.75 Å². The number of fused-ring (bicyclic) bond motifs is 1. The molecule has 4 heteroatoms. The minimum Gasteiger partial charge on any atom is -0.492 e. The van der Waals surface area contributed by atoms with E-state index in [-0.39, 0.29) is 0 Å². The number of aliphatic hydroxyl groups is 1. The normalized spacial score (nSPS) is 12.2. The number of halogens is 1. The SMILES string of the molecule is CO.O=Cc1cc(Br)cc2c1OCC2. The molecule has 0 fully saturated rings. The fraction of sp³-hybridized carbons (Fsp3) is 0.300. The summed E-state index contributed by atoms with van der Waals surface area (Å²) in [6.45, 7) is 0.687. The lowest BCUT2D eigenvalue weighted by atomic mass is 10.1. The molecule has 1 heterocycles. The molecule has 0 radical (unpaired) electrons. The average molecular weight is 259 g/mol. The molecular weight excluding hydrogens is 248 g/mol. The number of rotatable bonds is 1. The van der Waals surface area contributed by atoms with E-state index in [1.54, 1.807) is 6.07 Å². The molecule has 0 saturated carbocycles. The fourth-order valence-corrected chi connectivity index (χ4v) is 1.91. The Hall–Kier alpha value is -0.870. The van der Waals surface area contributed by atoms with E-state index in [1.165, 1.54) is 0 Å². The molecule has 1 aliphatic rings. The zero-order valence-corrected chi connectivity index (χ0v) is 9.37. The smallest absolute Gasteiger partial charge is 0.153 e. The molecule has 3 nitrogen and oxygen atoms in total. The van der Waals surface area contributed by atoms with Gasteiger partial charge in [-0.25, -0.2) is 0 Å². The van der Waals surface area contributed by atoms with Crippen molar-refractivity contribution in [2.75, 3.05) is 13.7 Å². The van der Waals surface area contributed by atoms with Crippen LogP contribution >= 0.6 is 15.9 Å². The summed E-state index contributed by atoms with van der Waals surface area (Å²) in [6.07, 6.45) is 1.73. The average Bonchev–Trinajstić information content (AvgIpc) is 2.67. The van der Waals surface area contributed by atoms with Crippen molar-refractivity contribution in [3.8, 4) is 5.75 Å². The van der Waals surface area contributed by atoms with Crippen molar-refractivity contribution in [3.05, 3.63) is 27.7 Å². The van der Waals surface area contributed by atoms with E-state index < -0.39 is 0 Å². The van der Waals surface area contributed by atoms with Crippen molar-refractivity contribution >= 4 is 22.2 Å². The van der Waals surface area contributed by atoms with Crippen molar-refractivity contribution < 1.29 is 14.6 Å². The third-order valence-corrected chi connectivity index (χ3v) is 2.36. The highest BCUT2D eigenvalue weighted by Gasteiger charge is 2.16. The van der Waals surface area contributed by atoms with E-state index >= 15 is 0 Å². The number of hydrogen-bond acceptors (Lipinski definition) is 3. The zero-order valence-electron chi connectivity index (χ0n) is 7.79. The first-order valence-corrected chi connectivity index (χ1v) is 4.95. The highest BCUT2D eigenvalue weighted by molar-refractivity contribution is 9.10. The maximum Gasteiger partial charge on any atom is 0.153 e. The third-order valence-electron chi connectivity index (χ3n) is 1.90. The van der Waals surface area contributed by atoms with Crippen LogP contribution in [0, 0.1) is 0 Å². The molecule has 14 heavy (non-hydrogen) atoms. The molecule has 0 spiro atoms. The first kappa shape index (κ1) is 11.2. The molecule has 76 valence electrons. The van der Waals surface area contributed by atoms with Crippen LogP contribution in [0.25, 0.3) is 0 Å². The molecule has 0 aromatic heterocycles. The lowest BCUT2D eigenvalue weighted by Gasteiger charge is -2.02. The van der Waals surface area contributed by atoms with Gasteiger partial charge in [0.2, 0.25) is 0 Å². The van der Waals surface area contributed by atoms with Gasteiger partial charge in [0.05, 0.1) is 12.2 Å². The van der Waals surface area contributed by atoms with Gasteiger partial charge in [-0.1, -0.05) is 15.9 Å². The van der Waals surface area contributed by atoms with Crippen LogP contribution < -0.4 is 4.74 Å². The van der Waals surface area contributed by atoms with Gasteiger partial charge in [-0.3, -0.25) is 4.79 Å². The Balaban J connectivity index is 0.000000461. The standard InChI is InChI=1S/C9H7BrO2.CH4O/c10-8-3-6-1-2-12-9(6)7(4-8)5-11;1-2/h3-5H,1-2H2;2H,1H3. The van der Waals surface area contributed by atoms with E-state index in [4.69, 9.17) is 9.84 Å². The molecule has 1 N–H and O–H groups in total. The van der Waals surface area contributed by atoms with Crippen LogP contribution in [0.2, 0.25) is 0 Å². The predicted molar refractivity (Wildman–Crippen MR) is 56.9 cm³/mol. The van der Waals surface area contributed by atoms with Crippen molar-refractivity contribution in [2.24, 2.45) is 0 Å². The number of aldehydes is 1. The molecular formula is C10H11BrO3. The third kappa shape index (κ3) is 2.13. The summed E-state index contributed by atoms with van der Waals surface area (Å²) >= 11 is 3.34. The predicted octanol–water partition coefficient (Wildman–Crippen LogP) is 1.81. The minimum absolute atomic E-state index is 0.636. The summed E-state index contributed by atoms with van der Waals surface area (Å²) in [7, 11) is 1.00. The van der Waals surface area contributed by atoms with Gasteiger partial charge in [0.25, 0.3) is 0 Å². The van der Waals surface area contributed by atoms with Crippen molar-refractivity contribution in [2.45, 2.75) is 6.42 Å². The van der Waals surface area contributed by atoms with Gasteiger partial charge in [-0.15, -0.1) is 0 Å². The van der Waals surface area contributed by atoms with Gasteiger partial charge in [-0.05, 0) is 17.7 Å². The summed E-state index contributed by atoms with van der Waals surface area (Å²) < 4.78 is 6.26. The summed E-state index contributed by atoms with van der Waals surface area (Å²) in [5, 5.41) is 7.00. The van der Waals surface area contributed by atoms with Crippen LogP contribution in [-0.4, -0.2) is 25.1 Å². The van der Waals surface area contributed by atoms with Crippen LogP contribution in [0.15, 0.2) is 16.6 Å². The van der Waals surface area contributed by atoms with Crippen molar-refractivity contribution in [1.82, 2.24) is 0 Å². The lowest BCUT2D eigenvalue weighted by molar-refractivity contribution is 0.112. The first-order valence-electron chi connectivity index (χ1n) is 4.16. The summed E-state index contributed by atoms with van der Waals surface area (Å²) in [5.74, 6) is 0.758. The van der Waals surface area contributed by atoms with Gasteiger partial charge in [0.1, 0.15) is 5.75 Å². The Morgan fingerprint density at radius 2 is 2.21 bits per heavy atom. The van der Waals surface area contributed by atoms with Gasteiger partial charge in [0, 0.05) is 18.0 Å². The van der Waals surface area contributed by atoms with E-state index in [9.17, 15) is 4.79 Å². The molecule has 0 amide bonds. The number of ether oxygens (including phenoxy) is 1. The number of hydrogen-bond donors (Lipinski definition) is 1. The van der Waals surface area contributed by atoms with Crippen LogP contribution in [0.4, 0.5) is 0 Å². The Morgan fingerprint density at radius 1 is 1.50 bits per heavy atom. The number of benzene rings is 1. The largest absolute Gasteiger partial charge is 0.492 e. The number of carbonyl (C=O) groups is 1. The van der Waals surface area contributed by atoms with Crippen LogP contribution in [0.1, 0.15) is 15.9 Å². The number of carbonyl (C=O) groups excluding carboxylic acids is 1. The zero-order chi connectivity index (χ0) is 10.6. The van der Waals surface area contributed by atoms with E-state index in [0.29, 0.717) is 12.2 Å². The quantitative estimate of drug-likeness (QED) is 0.782. The molecule has 0 aliphatic carbocycles. The van der Waals surface area contributed by atoms with E-state index in [0.717, 1.165) is 35.6 Å². The second-order valence-corrected chi connectivity index (χ2v) is 3.62. The molecule has 0 atom stereocenters. The second-order valence-electron chi connectivity index (χ2n) is 2.70. The molecule has 0 bridgehead atoms. The molecule has 1 aromatic rings. The monoisotopic (exact) mass is 258 g/mol. The summed E-state index contributed by atoms with van der Waals surface area (Å²) in [4.78, 5) is 10.6. The summed E-state index contributed by atoms with van der Waals surface area (Å²) in [5.41, 5.74) is 1.75. The van der Waals surface area contributed by atoms with Crippen molar-refractivity contribution in [1.29, 1.82) is 0 Å². The first-order chi connectivity index (χ1) is 6.81. The highest BCUT2D eigenvalue weighted by Crippen LogP contribution is 2.31. The van der Waals surface area contributed by atoms with Crippen molar-refractivity contribution in [3.63, 3.8) is 0 Å². The molecule has 1 aliphatic heterocycles. The van der Waals surface area contributed by atoms with Crippen LogP contribution in [0.3, 0.4) is 0 Å². The molecule has 1 aromatic carbocycles. The van der Waals surface area contributed by atoms with Crippen LogP contribution in [-0.2, 0) is 6.42 Å². The summed E-state index contributed by atoms with van der Waals surface area (Å²) in [6, 6.07) is 3.77.